The zero-order valence-corrected chi connectivity index (χ0v) is 16.8. The van der Waals surface area contributed by atoms with E-state index in [0.29, 0.717) is 26.4 Å². The Balaban J connectivity index is 2.09. The molecule has 0 aromatic rings. The normalized spacial score (nSPS) is 16.0. The van der Waals surface area contributed by atoms with E-state index in [4.69, 9.17) is 15.2 Å². The Morgan fingerprint density at radius 1 is 1.04 bits per heavy atom. The third kappa shape index (κ3) is 8.28. The van der Waals surface area contributed by atoms with E-state index in [1.807, 2.05) is 13.8 Å². The van der Waals surface area contributed by atoms with E-state index in [9.17, 15) is 19.2 Å². The molecule has 0 bridgehead atoms. The molecule has 28 heavy (non-hydrogen) atoms. The van der Waals surface area contributed by atoms with Crippen molar-refractivity contribution in [2.75, 3.05) is 39.5 Å². The molecule has 2 atom stereocenters. The van der Waals surface area contributed by atoms with Crippen LogP contribution in [-0.4, -0.2) is 74.0 Å². The van der Waals surface area contributed by atoms with Gasteiger partial charge in [0.05, 0.1) is 39.0 Å². The standard InChI is InChI=1S/C19H31N3O6/c1-13(2)15(12-16(23)14(3)20)19(26)21-6-8-27-10-11-28-9-7-22-17(24)4-5-18(22)25/h4-5,13-15H,6-12,20H2,1-3H3,(H,21,26)/t14-,15-/m1/s1. The topological polar surface area (TPSA) is 128 Å². The minimum absolute atomic E-state index is 0.0292. The van der Waals surface area contributed by atoms with E-state index in [1.54, 1.807) is 6.92 Å². The number of nitrogens with one attached hydrogen (secondary N) is 1. The summed E-state index contributed by atoms with van der Waals surface area (Å²) in [6, 6.07) is -0.574. The van der Waals surface area contributed by atoms with Crippen LogP contribution in [0.2, 0.25) is 0 Å². The van der Waals surface area contributed by atoms with Gasteiger partial charge < -0.3 is 20.5 Å². The molecule has 0 radical (unpaired) electrons. The number of hydrogen-bond donors (Lipinski definition) is 2. The van der Waals surface area contributed by atoms with Crippen LogP contribution in [0.25, 0.3) is 0 Å². The molecule has 0 aliphatic carbocycles. The number of nitrogens with zero attached hydrogens (tertiary/aromatic N) is 1. The summed E-state index contributed by atoms with van der Waals surface area (Å²) < 4.78 is 10.7. The molecule has 1 aliphatic rings. The molecule has 0 spiro atoms. The van der Waals surface area contributed by atoms with Crippen molar-refractivity contribution in [3.63, 3.8) is 0 Å². The lowest BCUT2D eigenvalue weighted by molar-refractivity contribution is -0.137. The van der Waals surface area contributed by atoms with Crippen molar-refractivity contribution in [3.8, 4) is 0 Å². The Bertz CT molecular complexity index is 570. The summed E-state index contributed by atoms with van der Waals surface area (Å²) >= 11 is 0. The van der Waals surface area contributed by atoms with Crippen LogP contribution in [0.5, 0.6) is 0 Å². The maximum absolute atomic E-state index is 12.2. The third-order valence-electron chi connectivity index (χ3n) is 4.35. The molecule has 0 aromatic heterocycles. The second-order valence-corrected chi connectivity index (χ2v) is 6.99. The van der Waals surface area contributed by atoms with Crippen LogP contribution in [0, 0.1) is 11.8 Å². The number of Topliss-reactive ketones (excluding diaryl/α,β-unsaturated/α-hetero) is 1. The molecular weight excluding hydrogens is 366 g/mol. The molecule has 3 amide bonds. The van der Waals surface area contributed by atoms with E-state index >= 15 is 0 Å². The fourth-order valence-electron chi connectivity index (χ4n) is 2.54. The van der Waals surface area contributed by atoms with E-state index in [-0.39, 0.29) is 49.0 Å². The molecule has 0 unspecified atom stereocenters. The minimum atomic E-state index is -0.574. The van der Waals surface area contributed by atoms with Crippen molar-refractivity contribution in [1.29, 1.82) is 0 Å². The van der Waals surface area contributed by atoms with Gasteiger partial charge >= 0.3 is 0 Å². The van der Waals surface area contributed by atoms with Crippen molar-refractivity contribution in [2.45, 2.75) is 33.2 Å². The number of hydrogen-bond acceptors (Lipinski definition) is 7. The van der Waals surface area contributed by atoms with Gasteiger partial charge in [-0.1, -0.05) is 13.8 Å². The number of nitrogens with two attached hydrogens (primary N) is 1. The summed E-state index contributed by atoms with van der Waals surface area (Å²) in [4.78, 5) is 47.8. The second-order valence-electron chi connectivity index (χ2n) is 6.99. The predicted molar refractivity (Wildman–Crippen MR) is 102 cm³/mol. The first-order valence-electron chi connectivity index (χ1n) is 9.49. The van der Waals surface area contributed by atoms with Crippen LogP contribution in [0.3, 0.4) is 0 Å². The third-order valence-corrected chi connectivity index (χ3v) is 4.35. The van der Waals surface area contributed by atoms with Gasteiger partial charge in [-0.25, -0.2) is 0 Å². The van der Waals surface area contributed by atoms with E-state index in [2.05, 4.69) is 5.32 Å². The van der Waals surface area contributed by atoms with Crippen molar-refractivity contribution >= 4 is 23.5 Å². The number of amides is 3. The zero-order chi connectivity index (χ0) is 21.1. The molecule has 9 nitrogen and oxygen atoms in total. The molecule has 158 valence electrons. The van der Waals surface area contributed by atoms with E-state index < -0.39 is 12.0 Å². The molecular formula is C19H31N3O6. The predicted octanol–water partition coefficient (Wildman–Crippen LogP) is -0.361. The highest BCUT2D eigenvalue weighted by molar-refractivity contribution is 6.12. The first kappa shape index (κ1) is 23.9. The van der Waals surface area contributed by atoms with Crippen LogP contribution < -0.4 is 11.1 Å². The molecule has 9 heteroatoms. The van der Waals surface area contributed by atoms with Crippen molar-refractivity contribution < 1.29 is 28.7 Å². The molecule has 1 heterocycles. The summed E-state index contributed by atoms with van der Waals surface area (Å²) in [6.07, 6.45) is 2.60. The highest BCUT2D eigenvalue weighted by Crippen LogP contribution is 2.16. The number of ether oxygens (including phenoxy) is 2. The lowest BCUT2D eigenvalue weighted by Gasteiger charge is -2.20. The molecule has 1 rings (SSSR count). The number of imide groups is 1. The molecule has 0 fully saturated rings. The first-order chi connectivity index (χ1) is 13.2. The van der Waals surface area contributed by atoms with Crippen molar-refractivity contribution in [1.82, 2.24) is 10.2 Å². The molecule has 0 saturated heterocycles. The van der Waals surface area contributed by atoms with Gasteiger partial charge in [0.15, 0.2) is 0 Å². The summed E-state index contributed by atoms with van der Waals surface area (Å²) in [5.41, 5.74) is 5.57. The molecule has 3 N–H and O–H groups in total. The van der Waals surface area contributed by atoms with Crippen LogP contribution in [0.4, 0.5) is 0 Å². The number of ketones is 1. The number of carbonyl (C=O) groups excluding carboxylic acids is 4. The van der Waals surface area contributed by atoms with Gasteiger partial charge in [0, 0.05) is 31.0 Å². The number of rotatable bonds is 14. The summed E-state index contributed by atoms with van der Waals surface area (Å²) in [5, 5.41) is 2.77. The minimum Gasteiger partial charge on any atom is -0.377 e. The maximum Gasteiger partial charge on any atom is 0.253 e. The number of carbonyl (C=O) groups is 4. The lowest BCUT2D eigenvalue weighted by atomic mass is 9.88. The van der Waals surface area contributed by atoms with Gasteiger partial charge in [-0.3, -0.25) is 24.1 Å². The first-order valence-corrected chi connectivity index (χ1v) is 9.49. The van der Waals surface area contributed by atoms with Crippen LogP contribution in [0.15, 0.2) is 12.2 Å². The zero-order valence-electron chi connectivity index (χ0n) is 16.8. The SMILES string of the molecule is CC(C)[C@@H](CC(=O)[C@@H](C)N)C(=O)NCCOCCOCCN1C(=O)C=CC1=O. The lowest BCUT2D eigenvalue weighted by Crippen LogP contribution is -2.39. The summed E-state index contributed by atoms with van der Waals surface area (Å²) in [5.74, 6) is -1.35. The second kappa shape index (κ2) is 12.4. The molecule has 1 aliphatic heterocycles. The highest BCUT2D eigenvalue weighted by atomic mass is 16.5. The summed E-state index contributed by atoms with van der Waals surface area (Å²) in [6.45, 7) is 7.14. The fraction of sp³-hybridized carbons (Fsp3) is 0.684. The Labute approximate surface area is 165 Å². The van der Waals surface area contributed by atoms with E-state index in [1.165, 1.54) is 12.2 Å². The van der Waals surface area contributed by atoms with E-state index in [0.717, 1.165) is 4.90 Å². The smallest absolute Gasteiger partial charge is 0.253 e. The average molecular weight is 397 g/mol. The van der Waals surface area contributed by atoms with Gasteiger partial charge in [-0.2, -0.15) is 0 Å². The Kier molecular flexibility index (Phi) is 10.6. The van der Waals surface area contributed by atoms with Crippen molar-refractivity contribution in [3.05, 3.63) is 12.2 Å². The van der Waals surface area contributed by atoms with Gasteiger partial charge in [0.25, 0.3) is 11.8 Å². The molecule has 0 saturated carbocycles. The molecule has 0 aromatic carbocycles. The Hall–Kier alpha value is -2.10. The van der Waals surface area contributed by atoms with Crippen LogP contribution in [-0.2, 0) is 28.7 Å². The van der Waals surface area contributed by atoms with Gasteiger partial charge in [0.2, 0.25) is 5.91 Å². The van der Waals surface area contributed by atoms with Crippen LogP contribution in [0.1, 0.15) is 27.2 Å². The quantitative estimate of drug-likeness (QED) is 0.302. The fourth-order valence-corrected chi connectivity index (χ4v) is 2.54. The van der Waals surface area contributed by atoms with Crippen LogP contribution >= 0.6 is 0 Å². The maximum atomic E-state index is 12.2. The van der Waals surface area contributed by atoms with Gasteiger partial charge in [0.1, 0.15) is 5.78 Å². The Morgan fingerprint density at radius 2 is 1.61 bits per heavy atom. The van der Waals surface area contributed by atoms with Gasteiger partial charge in [-0.15, -0.1) is 0 Å². The average Bonchev–Trinajstić information content (AvgIpc) is 2.95. The van der Waals surface area contributed by atoms with Crippen molar-refractivity contribution in [2.24, 2.45) is 17.6 Å². The monoisotopic (exact) mass is 397 g/mol. The Morgan fingerprint density at radius 3 is 2.14 bits per heavy atom. The van der Waals surface area contributed by atoms with Gasteiger partial charge in [-0.05, 0) is 12.8 Å². The summed E-state index contributed by atoms with van der Waals surface area (Å²) in [7, 11) is 0. The largest absolute Gasteiger partial charge is 0.377 e. The highest BCUT2D eigenvalue weighted by Gasteiger charge is 2.26.